The maximum Gasteiger partial charge on any atom is 0.329 e. The summed E-state index contributed by atoms with van der Waals surface area (Å²) in [5.41, 5.74) is 0. The highest BCUT2D eigenvalue weighted by Crippen LogP contribution is 1.96. The molecule has 0 saturated carbocycles. The van der Waals surface area contributed by atoms with Crippen LogP contribution >= 0.6 is 0 Å². The van der Waals surface area contributed by atoms with Crippen molar-refractivity contribution in [2.75, 3.05) is 66.1 Å². The van der Waals surface area contributed by atoms with E-state index >= 15 is 0 Å². The lowest BCUT2D eigenvalue weighted by Gasteiger charge is -2.07. The van der Waals surface area contributed by atoms with Crippen molar-refractivity contribution in [3.63, 3.8) is 0 Å². The van der Waals surface area contributed by atoms with Gasteiger partial charge in [-0.15, -0.1) is 0 Å². The van der Waals surface area contributed by atoms with Gasteiger partial charge in [0.2, 0.25) is 0 Å². The minimum atomic E-state index is -0.996. The highest BCUT2D eigenvalue weighted by atomic mass is 16.6. The SMILES string of the molecule is O=C(O)COCCCCCOCCOCCOCCOCC(=O)O. The molecule has 0 saturated heterocycles. The zero-order chi connectivity index (χ0) is 17.9. The molecule has 2 N–H and O–H groups in total. The summed E-state index contributed by atoms with van der Waals surface area (Å²) in [6, 6.07) is 0. The first-order valence-corrected chi connectivity index (χ1v) is 7.95. The molecule has 0 heterocycles. The van der Waals surface area contributed by atoms with Gasteiger partial charge < -0.3 is 33.9 Å². The number of carboxylic acid groups (broad SMARTS) is 2. The smallest absolute Gasteiger partial charge is 0.329 e. The third kappa shape index (κ3) is 20.7. The van der Waals surface area contributed by atoms with Gasteiger partial charge in [0.1, 0.15) is 13.2 Å². The van der Waals surface area contributed by atoms with Gasteiger partial charge >= 0.3 is 11.9 Å². The van der Waals surface area contributed by atoms with E-state index in [9.17, 15) is 9.59 Å². The van der Waals surface area contributed by atoms with Gasteiger partial charge in [0, 0.05) is 13.2 Å². The first-order chi connectivity index (χ1) is 11.6. The Morgan fingerprint density at radius 3 is 1.29 bits per heavy atom. The summed E-state index contributed by atoms with van der Waals surface area (Å²) in [6.45, 7) is 2.99. The molecule has 0 aromatic heterocycles. The quantitative estimate of drug-likeness (QED) is 0.318. The van der Waals surface area contributed by atoms with Crippen LogP contribution in [-0.2, 0) is 33.3 Å². The number of hydrogen-bond donors (Lipinski definition) is 2. The van der Waals surface area contributed by atoms with Crippen molar-refractivity contribution < 1.29 is 43.5 Å². The first kappa shape index (κ1) is 22.7. The van der Waals surface area contributed by atoms with E-state index in [0.717, 1.165) is 19.3 Å². The summed E-state index contributed by atoms with van der Waals surface area (Å²) >= 11 is 0. The van der Waals surface area contributed by atoms with E-state index in [-0.39, 0.29) is 19.8 Å². The largest absolute Gasteiger partial charge is 0.480 e. The van der Waals surface area contributed by atoms with Crippen LogP contribution in [0.5, 0.6) is 0 Å². The van der Waals surface area contributed by atoms with Crippen LogP contribution in [0.2, 0.25) is 0 Å². The molecule has 0 radical (unpaired) electrons. The van der Waals surface area contributed by atoms with Crippen molar-refractivity contribution in [2.45, 2.75) is 19.3 Å². The molecule has 142 valence electrons. The molecule has 0 aliphatic heterocycles. The van der Waals surface area contributed by atoms with Crippen LogP contribution in [0.3, 0.4) is 0 Å². The standard InChI is InChI=1S/C15H28O9/c16-14(17)12-23-5-3-1-2-4-20-6-7-21-8-9-22-10-11-24-13-15(18)19/h1-13H2,(H,16,17)(H,18,19). The van der Waals surface area contributed by atoms with Gasteiger partial charge in [-0.05, 0) is 19.3 Å². The van der Waals surface area contributed by atoms with Crippen LogP contribution in [0.25, 0.3) is 0 Å². The number of aliphatic carboxylic acids is 2. The number of unbranched alkanes of at least 4 members (excludes halogenated alkanes) is 2. The molecule has 0 aromatic carbocycles. The van der Waals surface area contributed by atoms with E-state index in [2.05, 4.69) is 0 Å². The number of carboxylic acids is 2. The Morgan fingerprint density at radius 1 is 0.500 bits per heavy atom. The molecule has 0 aromatic rings. The second-order valence-electron chi connectivity index (χ2n) is 4.79. The van der Waals surface area contributed by atoms with Gasteiger partial charge in [-0.2, -0.15) is 0 Å². The van der Waals surface area contributed by atoms with Gasteiger partial charge in [0.05, 0.1) is 39.6 Å². The van der Waals surface area contributed by atoms with Crippen LogP contribution < -0.4 is 0 Å². The fourth-order valence-corrected chi connectivity index (χ4v) is 1.56. The Hall–Kier alpha value is -1.26. The van der Waals surface area contributed by atoms with Gasteiger partial charge in [-0.1, -0.05) is 0 Å². The summed E-state index contributed by atoms with van der Waals surface area (Å²) in [7, 11) is 0. The third-order valence-corrected chi connectivity index (χ3v) is 2.64. The van der Waals surface area contributed by atoms with E-state index in [0.29, 0.717) is 46.2 Å². The van der Waals surface area contributed by atoms with E-state index in [1.807, 2.05) is 0 Å². The minimum absolute atomic E-state index is 0.243. The molecule has 0 bridgehead atoms. The summed E-state index contributed by atoms with van der Waals surface area (Å²) in [5.74, 6) is -1.94. The van der Waals surface area contributed by atoms with Gasteiger partial charge in [0.25, 0.3) is 0 Å². The molecule has 9 nitrogen and oxygen atoms in total. The summed E-state index contributed by atoms with van der Waals surface area (Å²) < 4.78 is 25.6. The lowest BCUT2D eigenvalue weighted by Crippen LogP contribution is -2.14. The molecule has 0 aliphatic rings. The predicted molar refractivity (Wildman–Crippen MR) is 83.2 cm³/mol. The van der Waals surface area contributed by atoms with Crippen molar-refractivity contribution in [3.8, 4) is 0 Å². The fourth-order valence-electron chi connectivity index (χ4n) is 1.56. The molecule has 0 rings (SSSR count). The van der Waals surface area contributed by atoms with Gasteiger partial charge in [-0.3, -0.25) is 0 Å². The molecule has 0 aliphatic carbocycles. The molecule has 0 unspecified atom stereocenters. The Balaban J connectivity index is 3.00. The zero-order valence-corrected chi connectivity index (χ0v) is 13.9. The highest BCUT2D eigenvalue weighted by Gasteiger charge is 1.97. The Labute approximate surface area is 141 Å². The topological polar surface area (TPSA) is 121 Å². The minimum Gasteiger partial charge on any atom is -0.480 e. The molecule has 9 heteroatoms. The molecule has 24 heavy (non-hydrogen) atoms. The molecular weight excluding hydrogens is 324 g/mol. The fraction of sp³-hybridized carbons (Fsp3) is 0.867. The number of carbonyl (C=O) groups is 2. The zero-order valence-electron chi connectivity index (χ0n) is 13.9. The number of ether oxygens (including phenoxy) is 5. The van der Waals surface area contributed by atoms with Crippen molar-refractivity contribution in [3.05, 3.63) is 0 Å². The Morgan fingerprint density at radius 2 is 0.833 bits per heavy atom. The lowest BCUT2D eigenvalue weighted by molar-refractivity contribution is -0.143. The van der Waals surface area contributed by atoms with Crippen LogP contribution in [0, 0.1) is 0 Å². The normalized spacial score (nSPS) is 10.8. The molecule has 0 fully saturated rings. The summed E-state index contributed by atoms with van der Waals surface area (Å²) in [6.07, 6.45) is 2.65. The van der Waals surface area contributed by atoms with Crippen molar-refractivity contribution in [1.82, 2.24) is 0 Å². The first-order valence-electron chi connectivity index (χ1n) is 7.95. The number of rotatable bonds is 19. The summed E-state index contributed by atoms with van der Waals surface area (Å²) in [4.78, 5) is 20.4. The number of hydrogen-bond acceptors (Lipinski definition) is 7. The lowest BCUT2D eigenvalue weighted by atomic mass is 10.2. The highest BCUT2D eigenvalue weighted by molar-refractivity contribution is 5.68. The van der Waals surface area contributed by atoms with Gasteiger partial charge in [0.15, 0.2) is 0 Å². The maximum absolute atomic E-state index is 10.2. The van der Waals surface area contributed by atoms with E-state index in [4.69, 9.17) is 33.9 Å². The molecule has 0 amide bonds. The Kier molecular flexibility index (Phi) is 17.1. The summed E-state index contributed by atoms with van der Waals surface area (Å²) in [5, 5.41) is 16.7. The van der Waals surface area contributed by atoms with Crippen molar-refractivity contribution >= 4 is 11.9 Å². The molecular formula is C15H28O9. The van der Waals surface area contributed by atoms with Crippen LogP contribution in [0.1, 0.15) is 19.3 Å². The molecule has 0 atom stereocenters. The van der Waals surface area contributed by atoms with Crippen molar-refractivity contribution in [1.29, 1.82) is 0 Å². The second-order valence-corrected chi connectivity index (χ2v) is 4.79. The average molecular weight is 352 g/mol. The Bertz CT molecular complexity index is 279. The van der Waals surface area contributed by atoms with Crippen LogP contribution in [0.15, 0.2) is 0 Å². The van der Waals surface area contributed by atoms with Crippen LogP contribution in [0.4, 0.5) is 0 Å². The van der Waals surface area contributed by atoms with Gasteiger partial charge in [-0.25, -0.2) is 9.59 Å². The third-order valence-electron chi connectivity index (χ3n) is 2.64. The predicted octanol–water partition coefficient (Wildman–Crippen LogP) is 0.409. The van der Waals surface area contributed by atoms with Crippen molar-refractivity contribution in [2.24, 2.45) is 0 Å². The maximum atomic E-state index is 10.2. The van der Waals surface area contributed by atoms with E-state index < -0.39 is 11.9 Å². The monoisotopic (exact) mass is 352 g/mol. The second kappa shape index (κ2) is 18.1. The average Bonchev–Trinajstić information content (AvgIpc) is 2.53. The van der Waals surface area contributed by atoms with E-state index in [1.54, 1.807) is 0 Å². The van der Waals surface area contributed by atoms with E-state index in [1.165, 1.54) is 0 Å². The molecule has 0 spiro atoms. The van der Waals surface area contributed by atoms with Crippen LogP contribution in [-0.4, -0.2) is 88.2 Å².